The number of nitrogens with one attached hydrogen (secondary N) is 1. The second kappa shape index (κ2) is 3.14. The van der Waals surface area contributed by atoms with E-state index in [-0.39, 0.29) is 6.54 Å². The average molecular weight is 179 g/mol. The number of benzene rings is 1. The van der Waals surface area contributed by atoms with Crippen LogP contribution in [0, 0.1) is 0 Å². The Balaban J connectivity index is 2.57. The Morgan fingerprint density at radius 2 is 2.23 bits per heavy atom. The van der Waals surface area contributed by atoms with Crippen LogP contribution >= 0.6 is 0 Å². The third-order valence-electron chi connectivity index (χ3n) is 2.01. The Kier molecular flexibility index (Phi) is 1.98. The summed E-state index contributed by atoms with van der Waals surface area (Å²) >= 11 is 0. The van der Waals surface area contributed by atoms with Crippen LogP contribution in [0.1, 0.15) is 11.9 Å². The number of aromatic amines is 1. The van der Waals surface area contributed by atoms with Gasteiger partial charge in [0.1, 0.15) is 0 Å². The number of hydrogen-bond donors (Lipinski definition) is 2. The molecule has 68 valence electrons. The summed E-state index contributed by atoms with van der Waals surface area (Å²) in [6.45, 7) is -0.0216. The minimum Gasteiger partial charge on any atom is -0.327 e. The van der Waals surface area contributed by atoms with Crippen LogP contribution in [0.2, 0.25) is 0 Å². The lowest BCUT2D eigenvalue weighted by Gasteiger charge is -2.01. The van der Waals surface area contributed by atoms with Gasteiger partial charge in [-0.2, -0.15) is 5.10 Å². The summed E-state index contributed by atoms with van der Waals surface area (Å²) < 4.78 is 13.2. The van der Waals surface area contributed by atoms with Crippen LogP contribution in [0.5, 0.6) is 0 Å². The quantitative estimate of drug-likeness (QED) is 0.734. The first kappa shape index (κ1) is 8.19. The summed E-state index contributed by atoms with van der Waals surface area (Å²) in [5.41, 5.74) is 6.47. The Labute approximate surface area is 74.7 Å². The SMILES string of the molecule is NCC(F)c1[nH]nc2ccccc12. The van der Waals surface area contributed by atoms with Crippen LogP contribution in [-0.4, -0.2) is 16.7 Å². The molecular formula is C9H10FN3. The standard InChI is InChI=1S/C9H10FN3/c10-7(5-11)9-6-3-1-2-4-8(6)12-13-9/h1-4,7H,5,11H2,(H,12,13). The number of rotatable bonds is 2. The number of H-pyrrole nitrogens is 1. The summed E-state index contributed by atoms with van der Waals surface area (Å²) in [6, 6.07) is 7.38. The Morgan fingerprint density at radius 1 is 1.46 bits per heavy atom. The van der Waals surface area contributed by atoms with Crippen LogP contribution in [0.4, 0.5) is 4.39 Å². The van der Waals surface area contributed by atoms with E-state index in [1.165, 1.54) is 0 Å². The lowest BCUT2D eigenvalue weighted by Crippen LogP contribution is -2.08. The number of aromatic nitrogens is 2. The zero-order chi connectivity index (χ0) is 9.26. The molecule has 0 spiro atoms. The number of para-hydroxylation sites is 1. The van der Waals surface area contributed by atoms with E-state index in [2.05, 4.69) is 10.2 Å². The van der Waals surface area contributed by atoms with Crippen LogP contribution in [0.25, 0.3) is 10.9 Å². The van der Waals surface area contributed by atoms with Crippen molar-refractivity contribution >= 4 is 10.9 Å². The molecule has 0 bridgehead atoms. The van der Waals surface area contributed by atoms with Gasteiger partial charge in [-0.05, 0) is 6.07 Å². The van der Waals surface area contributed by atoms with Gasteiger partial charge in [-0.3, -0.25) is 5.10 Å². The van der Waals surface area contributed by atoms with Gasteiger partial charge >= 0.3 is 0 Å². The molecule has 1 atom stereocenters. The van der Waals surface area contributed by atoms with Crippen LogP contribution < -0.4 is 5.73 Å². The smallest absolute Gasteiger partial charge is 0.154 e. The lowest BCUT2D eigenvalue weighted by molar-refractivity contribution is 0.347. The van der Waals surface area contributed by atoms with E-state index >= 15 is 0 Å². The second-order valence-electron chi connectivity index (χ2n) is 2.86. The molecule has 0 aliphatic heterocycles. The molecule has 0 fully saturated rings. The number of halogens is 1. The highest BCUT2D eigenvalue weighted by Crippen LogP contribution is 2.22. The van der Waals surface area contributed by atoms with Gasteiger partial charge in [0.25, 0.3) is 0 Å². The summed E-state index contributed by atoms with van der Waals surface area (Å²) in [5.74, 6) is 0. The van der Waals surface area contributed by atoms with E-state index in [0.717, 1.165) is 10.9 Å². The van der Waals surface area contributed by atoms with Gasteiger partial charge in [-0.25, -0.2) is 4.39 Å². The van der Waals surface area contributed by atoms with Gasteiger partial charge in [0, 0.05) is 11.9 Å². The molecule has 0 aliphatic rings. The lowest BCUT2D eigenvalue weighted by atomic mass is 10.1. The topological polar surface area (TPSA) is 54.7 Å². The fourth-order valence-electron chi connectivity index (χ4n) is 1.34. The third kappa shape index (κ3) is 1.29. The predicted octanol–water partition coefficient (Wildman–Crippen LogP) is 1.53. The third-order valence-corrected chi connectivity index (χ3v) is 2.01. The number of nitrogens with zero attached hydrogens (tertiary/aromatic N) is 1. The van der Waals surface area contributed by atoms with Crippen molar-refractivity contribution < 1.29 is 4.39 Å². The first-order valence-electron chi connectivity index (χ1n) is 4.10. The van der Waals surface area contributed by atoms with Gasteiger partial charge in [0.15, 0.2) is 6.17 Å². The van der Waals surface area contributed by atoms with E-state index in [1.54, 1.807) is 0 Å². The summed E-state index contributed by atoms with van der Waals surface area (Å²) in [6.07, 6.45) is -1.16. The maximum atomic E-state index is 13.2. The molecule has 1 aromatic heterocycles. The van der Waals surface area contributed by atoms with Gasteiger partial charge in [-0.15, -0.1) is 0 Å². The minimum atomic E-state index is -1.16. The fourth-order valence-corrected chi connectivity index (χ4v) is 1.34. The van der Waals surface area contributed by atoms with Gasteiger partial charge in [-0.1, -0.05) is 18.2 Å². The average Bonchev–Trinajstić information content (AvgIpc) is 2.60. The van der Waals surface area contributed by atoms with Crippen molar-refractivity contribution in [2.45, 2.75) is 6.17 Å². The molecule has 2 aromatic rings. The van der Waals surface area contributed by atoms with Crippen molar-refractivity contribution in [3.05, 3.63) is 30.0 Å². The van der Waals surface area contributed by atoms with E-state index in [4.69, 9.17) is 5.73 Å². The molecule has 1 heterocycles. The molecule has 0 aliphatic carbocycles. The second-order valence-corrected chi connectivity index (χ2v) is 2.86. The number of fused-ring (bicyclic) bond motifs is 1. The molecule has 3 nitrogen and oxygen atoms in total. The van der Waals surface area contributed by atoms with Crippen LogP contribution in [0.15, 0.2) is 24.3 Å². The van der Waals surface area contributed by atoms with Crippen molar-refractivity contribution in [1.29, 1.82) is 0 Å². The minimum absolute atomic E-state index is 0.0216. The number of hydrogen-bond acceptors (Lipinski definition) is 2. The molecule has 0 saturated heterocycles. The van der Waals surface area contributed by atoms with E-state index in [9.17, 15) is 4.39 Å². The fraction of sp³-hybridized carbons (Fsp3) is 0.222. The van der Waals surface area contributed by atoms with Crippen molar-refractivity contribution in [3.63, 3.8) is 0 Å². The molecule has 3 N–H and O–H groups in total. The summed E-state index contributed by atoms with van der Waals surface area (Å²) in [7, 11) is 0. The molecule has 1 aromatic carbocycles. The van der Waals surface area contributed by atoms with Crippen LogP contribution in [0.3, 0.4) is 0 Å². The van der Waals surface area contributed by atoms with E-state index < -0.39 is 6.17 Å². The molecule has 2 rings (SSSR count). The highest BCUT2D eigenvalue weighted by Gasteiger charge is 2.13. The molecule has 13 heavy (non-hydrogen) atoms. The summed E-state index contributed by atoms with van der Waals surface area (Å²) in [5, 5.41) is 7.43. The molecular weight excluding hydrogens is 169 g/mol. The van der Waals surface area contributed by atoms with Crippen LogP contribution in [-0.2, 0) is 0 Å². The van der Waals surface area contributed by atoms with E-state index in [0.29, 0.717) is 5.69 Å². The van der Waals surface area contributed by atoms with Gasteiger partial charge in [0.2, 0.25) is 0 Å². The first-order chi connectivity index (χ1) is 6.33. The van der Waals surface area contributed by atoms with Crippen molar-refractivity contribution in [3.8, 4) is 0 Å². The molecule has 4 heteroatoms. The predicted molar refractivity (Wildman–Crippen MR) is 49.0 cm³/mol. The molecule has 0 radical (unpaired) electrons. The highest BCUT2D eigenvalue weighted by atomic mass is 19.1. The largest absolute Gasteiger partial charge is 0.327 e. The highest BCUT2D eigenvalue weighted by molar-refractivity contribution is 5.81. The Morgan fingerprint density at radius 3 is 3.00 bits per heavy atom. The van der Waals surface area contributed by atoms with Crippen molar-refractivity contribution in [2.24, 2.45) is 5.73 Å². The monoisotopic (exact) mass is 179 g/mol. The van der Waals surface area contributed by atoms with E-state index in [1.807, 2.05) is 24.3 Å². The first-order valence-corrected chi connectivity index (χ1v) is 4.10. The maximum absolute atomic E-state index is 13.2. The maximum Gasteiger partial charge on any atom is 0.154 e. The zero-order valence-electron chi connectivity index (χ0n) is 7.00. The molecule has 1 unspecified atom stereocenters. The summed E-state index contributed by atoms with van der Waals surface area (Å²) in [4.78, 5) is 0. The Hall–Kier alpha value is -1.42. The molecule has 0 saturated carbocycles. The Bertz CT molecular complexity index is 410. The number of alkyl halides is 1. The zero-order valence-corrected chi connectivity index (χ0v) is 7.00. The van der Waals surface area contributed by atoms with Gasteiger partial charge < -0.3 is 5.73 Å². The molecule has 0 amide bonds. The van der Waals surface area contributed by atoms with Crippen molar-refractivity contribution in [2.75, 3.05) is 6.54 Å². The normalized spacial score (nSPS) is 13.4. The van der Waals surface area contributed by atoms with Crippen molar-refractivity contribution in [1.82, 2.24) is 10.2 Å². The van der Waals surface area contributed by atoms with Gasteiger partial charge in [0.05, 0.1) is 11.2 Å². The number of nitrogens with two attached hydrogens (primary N) is 1.